The van der Waals surface area contributed by atoms with Crippen molar-refractivity contribution in [1.29, 1.82) is 0 Å². The standard InChI is InChI=1S/C27H20Cl3N5O3/c28-19-5-6-23-20(11-19)24(33-32-23)12-31-27(38)16-4-7-26(37)35(13-16)15-18-10-21(29)17(9-22(18)30)14-34-8-2-1-3-25(34)36/h1-11,13H,12,14-15H2,(H,31,38)(H,32,33). The van der Waals surface area contributed by atoms with E-state index in [1.165, 1.54) is 33.5 Å². The molecule has 0 aliphatic rings. The molecule has 8 nitrogen and oxygen atoms in total. The van der Waals surface area contributed by atoms with E-state index in [0.717, 1.165) is 10.9 Å². The molecule has 0 fully saturated rings. The molecular weight excluding hydrogens is 549 g/mol. The Labute approximate surface area is 231 Å². The third kappa shape index (κ3) is 5.52. The highest BCUT2D eigenvalue weighted by Gasteiger charge is 2.13. The third-order valence-electron chi connectivity index (χ3n) is 6.06. The van der Waals surface area contributed by atoms with Gasteiger partial charge in [0.25, 0.3) is 17.0 Å². The quantitative estimate of drug-likeness (QED) is 0.292. The molecule has 0 bridgehead atoms. The Morgan fingerprint density at radius 1 is 0.868 bits per heavy atom. The van der Waals surface area contributed by atoms with Gasteiger partial charge in [0.2, 0.25) is 0 Å². The van der Waals surface area contributed by atoms with Crippen LogP contribution in [-0.4, -0.2) is 25.2 Å². The Hall–Kier alpha value is -3.85. The van der Waals surface area contributed by atoms with Crippen LogP contribution in [0.15, 0.2) is 82.6 Å². The Balaban J connectivity index is 1.33. The number of nitrogens with zero attached hydrogens (tertiary/aromatic N) is 3. The van der Waals surface area contributed by atoms with Crippen LogP contribution in [0.2, 0.25) is 15.1 Å². The number of aromatic amines is 1. The third-order valence-corrected chi connectivity index (χ3v) is 7.00. The van der Waals surface area contributed by atoms with Crippen LogP contribution in [-0.2, 0) is 19.6 Å². The van der Waals surface area contributed by atoms with E-state index in [2.05, 4.69) is 15.5 Å². The summed E-state index contributed by atoms with van der Waals surface area (Å²) in [7, 11) is 0. The SMILES string of the molecule is O=C(NCc1n[nH]c2ccc(Cl)cc12)c1ccc(=O)n(Cc2cc(Cl)c(Cn3ccccc3=O)cc2Cl)c1. The summed E-state index contributed by atoms with van der Waals surface area (Å²) < 4.78 is 2.90. The molecule has 38 heavy (non-hydrogen) atoms. The van der Waals surface area contributed by atoms with Gasteiger partial charge in [-0.25, -0.2) is 0 Å². The smallest absolute Gasteiger partial charge is 0.253 e. The van der Waals surface area contributed by atoms with Gasteiger partial charge in [-0.05, 0) is 53.6 Å². The van der Waals surface area contributed by atoms with E-state index in [-0.39, 0.29) is 36.7 Å². The Morgan fingerprint density at radius 2 is 1.58 bits per heavy atom. The summed E-state index contributed by atoms with van der Waals surface area (Å²) >= 11 is 19.1. The van der Waals surface area contributed by atoms with Gasteiger partial charge in [0.15, 0.2) is 0 Å². The zero-order valence-electron chi connectivity index (χ0n) is 19.7. The van der Waals surface area contributed by atoms with Crippen molar-refractivity contribution in [2.45, 2.75) is 19.6 Å². The lowest BCUT2D eigenvalue weighted by molar-refractivity contribution is 0.0949. The van der Waals surface area contributed by atoms with E-state index in [1.807, 2.05) is 6.07 Å². The van der Waals surface area contributed by atoms with E-state index < -0.39 is 0 Å². The minimum absolute atomic E-state index is 0.104. The second-order valence-electron chi connectivity index (χ2n) is 8.63. The summed E-state index contributed by atoms with van der Waals surface area (Å²) in [5, 5.41) is 12.2. The summed E-state index contributed by atoms with van der Waals surface area (Å²) in [5.41, 5.74) is 2.55. The Bertz CT molecular complexity index is 1790. The van der Waals surface area contributed by atoms with Gasteiger partial charge in [-0.1, -0.05) is 40.9 Å². The molecule has 1 amide bonds. The highest BCUT2D eigenvalue weighted by molar-refractivity contribution is 6.34. The van der Waals surface area contributed by atoms with Gasteiger partial charge >= 0.3 is 0 Å². The van der Waals surface area contributed by atoms with Crippen molar-refractivity contribution < 1.29 is 4.79 Å². The van der Waals surface area contributed by atoms with Gasteiger partial charge < -0.3 is 14.5 Å². The first-order valence-electron chi connectivity index (χ1n) is 11.5. The number of H-pyrrole nitrogens is 1. The fourth-order valence-corrected chi connectivity index (χ4v) is 4.72. The van der Waals surface area contributed by atoms with Crippen molar-refractivity contribution in [3.8, 4) is 0 Å². The lowest BCUT2D eigenvalue weighted by Gasteiger charge is -2.13. The lowest BCUT2D eigenvalue weighted by atomic mass is 10.1. The number of nitrogens with one attached hydrogen (secondary N) is 2. The predicted octanol–water partition coefficient (Wildman–Crippen LogP) is 4.87. The molecule has 0 aliphatic carbocycles. The number of carbonyl (C=O) groups excluding carboxylic acids is 1. The minimum atomic E-state index is -0.371. The van der Waals surface area contributed by atoms with Crippen molar-refractivity contribution in [1.82, 2.24) is 24.6 Å². The summed E-state index contributed by atoms with van der Waals surface area (Å²) in [6.45, 7) is 0.532. The van der Waals surface area contributed by atoms with Crippen molar-refractivity contribution in [3.05, 3.63) is 131 Å². The van der Waals surface area contributed by atoms with Crippen LogP contribution in [0.25, 0.3) is 10.9 Å². The normalized spacial score (nSPS) is 11.1. The Morgan fingerprint density at radius 3 is 2.32 bits per heavy atom. The van der Waals surface area contributed by atoms with Crippen LogP contribution in [0.1, 0.15) is 27.2 Å². The molecule has 2 N–H and O–H groups in total. The van der Waals surface area contributed by atoms with Crippen LogP contribution in [0.4, 0.5) is 0 Å². The van der Waals surface area contributed by atoms with E-state index in [9.17, 15) is 14.4 Å². The number of hydrogen-bond acceptors (Lipinski definition) is 4. The molecule has 0 saturated heterocycles. The average Bonchev–Trinajstić information content (AvgIpc) is 3.30. The molecule has 0 radical (unpaired) electrons. The van der Waals surface area contributed by atoms with Crippen LogP contribution >= 0.6 is 34.8 Å². The van der Waals surface area contributed by atoms with Crippen molar-refractivity contribution in [2.24, 2.45) is 0 Å². The summed E-state index contributed by atoms with van der Waals surface area (Å²) in [6, 6.07) is 16.4. The summed E-state index contributed by atoms with van der Waals surface area (Å²) in [4.78, 5) is 37.5. The van der Waals surface area contributed by atoms with Crippen molar-refractivity contribution in [2.75, 3.05) is 0 Å². The lowest BCUT2D eigenvalue weighted by Crippen LogP contribution is -2.27. The molecule has 3 heterocycles. The number of amides is 1. The average molecular weight is 569 g/mol. The topological polar surface area (TPSA) is 102 Å². The highest BCUT2D eigenvalue weighted by Crippen LogP contribution is 2.26. The molecule has 192 valence electrons. The monoisotopic (exact) mass is 567 g/mol. The van der Waals surface area contributed by atoms with Crippen molar-refractivity contribution in [3.63, 3.8) is 0 Å². The first kappa shape index (κ1) is 25.8. The van der Waals surface area contributed by atoms with E-state index in [0.29, 0.717) is 37.5 Å². The summed E-state index contributed by atoms with van der Waals surface area (Å²) in [5.74, 6) is -0.371. The molecule has 5 aromatic rings. The largest absolute Gasteiger partial charge is 0.346 e. The fraction of sp³-hybridized carbons (Fsp3) is 0.111. The number of benzene rings is 2. The molecule has 0 unspecified atom stereocenters. The van der Waals surface area contributed by atoms with E-state index >= 15 is 0 Å². The number of hydrogen-bond donors (Lipinski definition) is 2. The number of pyridine rings is 2. The molecule has 3 aromatic heterocycles. The first-order valence-corrected chi connectivity index (χ1v) is 12.7. The summed E-state index contributed by atoms with van der Waals surface area (Å²) in [6.07, 6.45) is 3.14. The van der Waals surface area contributed by atoms with Gasteiger partial charge in [0.05, 0.1) is 36.4 Å². The van der Waals surface area contributed by atoms with Crippen LogP contribution in [0.3, 0.4) is 0 Å². The molecular formula is C27H20Cl3N5O3. The molecule has 11 heteroatoms. The Kier molecular flexibility index (Phi) is 7.37. The number of aromatic nitrogens is 4. The molecule has 0 atom stereocenters. The molecule has 0 saturated carbocycles. The minimum Gasteiger partial charge on any atom is -0.346 e. The fourth-order valence-electron chi connectivity index (χ4n) is 4.06. The molecule has 0 spiro atoms. The highest BCUT2D eigenvalue weighted by atomic mass is 35.5. The maximum Gasteiger partial charge on any atom is 0.253 e. The predicted molar refractivity (Wildman–Crippen MR) is 148 cm³/mol. The van der Waals surface area contributed by atoms with Crippen LogP contribution in [0, 0.1) is 0 Å². The van der Waals surface area contributed by atoms with Crippen molar-refractivity contribution >= 4 is 51.6 Å². The van der Waals surface area contributed by atoms with Gasteiger partial charge in [-0.15, -0.1) is 0 Å². The van der Waals surface area contributed by atoms with Crippen LogP contribution in [0.5, 0.6) is 0 Å². The molecule has 2 aromatic carbocycles. The number of fused-ring (bicyclic) bond motifs is 1. The second-order valence-corrected chi connectivity index (χ2v) is 9.88. The van der Waals surface area contributed by atoms with Gasteiger partial charge in [0, 0.05) is 45.0 Å². The zero-order chi connectivity index (χ0) is 26.8. The number of halogens is 3. The van der Waals surface area contributed by atoms with Crippen LogP contribution < -0.4 is 16.4 Å². The van der Waals surface area contributed by atoms with E-state index in [1.54, 1.807) is 42.6 Å². The maximum absolute atomic E-state index is 12.9. The maximum atomic E-state index is 12.9. The zero-order valence-corrected chi connectivity index (χ0v) is 22.0. The molecule has 0 aliphatic heterocycles. The number of rotatable bonds is 7. The van der Waals surface area contributed by atoms with E-state index in [4.69, 9.17) is 34.8 Å². The van der Waals surface area contributed by atoms with Gasteiger partial charge in [-0.2, -0.15) is 5.10 Å². The number of carbonyl (C=O) groups is 1. The molecule has 5 rings (SSSR count). The second kappa shape index (κ2) is 10.9. The van der Waals surface area contributed by atoms with Gasteiger partial charge in [0.1, 0.15) is 0 Å². The first-order chi connectivity index (χ1) is 18.3. The van der Waals surface area contributed by atoms with Gasteiger partial charge in [-0.3, -0.25) is 19.5 Å².